The van der Waals surface area contributed by atoms with Crippen LogP contribution in [0.2, 0.25) is 0 Å². The monoisotopic (exact) mass is 432 g/mol. The van der Waals surface area contributed by atoms with Gasteiger partial charge < -0.3 is 14.6 Å². The summed E-state index contributed by atoms with van der Waals surface area (Å²) in [7, 11) is 0. The number of ketones is 1. The number of aliphatic hydroxyl groups excluding tert-OH is 1. The van der Waals surface area contributed by atoms with Crippen molar-refractivity contribution >= 4 is 17.7 Å². The van der Waals surface area contributed by atoms with E-state index in [0.717, 1.165) is 5.57 Å². The molecule has 6 heteroatoms. The van der Waals surface area contributed by atoms with Crippen LogP contribution in [-0.4, -0.2) is 41.1 Å². The molecular weight excluding hydrogens is 396 g/mol. The molecule has 0 aromatic carbocycles. The summed E-state index contributed by atoms with van der Waals surface area (Å²) in [6.07, 6.45) is 0.868. The Morgan fingerprint density at radius 2 is 1.84 bits per heavy atom. The lowest BCUT2D eigenvalue weighted by Gasteiger charge is -2.65. The Hall–Kier alpha value is -1.95. The van der Waals surface area contributed by atoms with Gasteiger partial charge in [-0.05, 0) is 45.1 Å². The SMILES string of the molecule is C/C=C(/C)C(=O)O[C@@H]1[C@@H](OC(=O)[C@@H](C)CC)[C@@H](O)[C@@]2(C)[C@@H]3C(=O)C=C(C)[C@H]2[C@@H]3C1(C)C. The molecule has 0 aromatic heterocycles. The number of fused-ring (bicyclic) bond motifs is 3. The summed E-state index contributed by atoms with van der Waals surface area (Å²) in [5, 5.41) is 11.6. The second-order valence-corrected chi connectivity index (χ2v) is 10.4. The minimum Gasteiger partial charge on any atom is -0.455 e. The van der Waals surface area contributed by atoms with Crippen molar-refractivity contribution in [2.24, 2.45) is 34.5 Å². The zero-order chi connectivity index (χ0) is 23.5. The minimum absolute atomic E-state index is 0.0109. The first-order valence-electron chi connectivity index (χ1n) is 11.3. The number of hydrogen-bond donors (Lipinski definition) is 1. The lowest BCUT2D eigenvalue weighted by molar-refractivity contribution is -0.201. The summed E-state index contributed by atoms with van der Waals surface area (Å²) < 4.78 is 11.8. The molecular formula is C25H36O6. The molecule has 31 heavy (non-hydrogen) atoms. The fourth-order valence-corrected chi connectivity index (χ4v) is 6.15. The van der Waals surface area contributed by atoms with E-state index in [4.69, 9.17) is 9.47 Å². The Labute approximate surface area is 185 Å². The molecule has 1 N–H and O–H groups in total. The number of rotatable bonds is 5. The molecule has 172 valence electrons. The summed E-state index contributed by atoms with van der Waals surface area (Å²) >= 11 is 0. The van der Waals surface area contributed by atoms with E-state index >= 15 is 0 Å². The molecule has 4 aliphatic rings. The lowest BCUT2D eigenvalue weighted by atomic mass is 9.37. The van der Waals surface area contributed by atoms with Gasteiger partial charge in [-0.15, -0.1) is 0 Å². The normalized spacial score (nSPS) is 39.6. The molecule has 8 atom stereocenters. The molecule has 0 spiro atoms. The Bertz CT molecular complexity index is 852. The van der Waals surface area contributed by atoms with Crippen LogP contribution in [0.3, 0.4) is 0 Å². The van der Waals surface area contributed by atoms with Crippen LogP contribution in [0.5, 0.6) is 0 Å². The van der Waals surface area contributed by atoms with Gasteiger partial charge in [0.1, 0.15) is 12.2 Å². The lowest BCUT2D eigenvalue weighted by Crippen LogP contribution is -2.68. The number of aliphatic hydroxyl groups is 1. The second-order valence-electron chi connectivity index (χ2n) is 10.4. The Morgan fingerprint density at radius 3 is 2.35 bits per heavy atom. The molecule has 3 saturated carbocycles. The van der Waals surface area contributed by atoms with Crippen LogP contribution in [0.25, 0.3) is 0 Å². The molecule has 0 saturated heterocycles. The van der Waals surface area contributed by atoms with Crippen molar-refractivity contribution in [1.82, 2.24) is 0 Å². The second kappa shape index (κ2) is 7.88. The summed E-state index contributed by atoms with van der Waals surface area (Å²) in [5.74, 6) is -1.86. The van der Waals surface area contributed by atoms with E-state index < -0.39 is 47.0 Å². The summed E-state index contributed by atoms with van der Waals surface area (Å²) in [5.41, 5.74) is -0.0976. The molecule has 0 aromatic rings. The average Bonchev–Trinajstić information content (AvgIpc) is 2.78. The molecule has 4 aliphatic carbocycles. The summed E-state index contributed by atoms with van der Waals surface area (Å²) in [4.78, 5) is 38.5. The number of ether oxygens (including phenoxy) is 2. The molecule has 0 unspecified atom stereocenters. The van der Waals surface area contributed by atoms with Crippen LogP contribution in [0.4, 0.5) is 0 Å². The van der Waals surface area contributed by atoms with E-state index in [-0.39, 0.29) is 23.5 Å². The summed E-state index contributed by atoms with van der Waals surface area (Å²) in [6, 6.07) is 0. The standard InChI is InChI=1S/C25H36O6/c1-9-12(3)22(28)30-19-20(27)25(8)16-14(5)11-15(26)17(25)18(16)24(6,7)21(19)31-23(29)13(4)10-2/h10-12,16-21,27H,9H2,1-8H3/b13-10-/t12-,16-,17+,18-,19-,20+,21+,25+/m0/s1. The first kappa shape index (κ1) is 23.7. The van der Waals surface area contributed by atoms with Crippen molar-refractivity contribution in [2.75, 3.05) is 0 Å². The van der Waals surface area contributed by atoms with Crippen molar-refractivity contribution in [3.63, 3.8) is 0 Å². The first-order chi connectivity index (χ1) is 14.3. The van der Waals surface area contributed by atoms with Crippen molar-refractivity contribution in [3.8, 4) is 0 Å². The van der Waals surface area contributed by atoms with Crippen LogP contribution in [0.15, 0.2) is 23.3 Å². The van der Waals surface area contributed by atoms with Crippen molar-refractivity contribution in [1.29, 1.82) is 0 Å². The summed E-state index contributed by atoms with van der Waals surface area (Å²) in [6.45, 7) is 14.8. The number of carbonyl (C=O) groups is 3. The molecule has 0 heterocycles. The fraction of sp³-hybridized carbons (Fsp3) is 0.720. The Kier molecular flexibility index (Phi) is 6.02. The zero-order valence-corrected chi connectivity index (χ0v) is 19.9. The van der Waals surface area contributed by atoms with Gasteiger partial charge in [0.05, 0.1) is 5.92 Å². The molecule has 3 fully saturated rings. The van der Waals surface area contributed by atoms with E-state index in [1.54, 1.807) is 32.9 Å². The largest absolute Gasteiger partial charge is 0.455 e. The van der Waals surface area contributed by atoms with Gasteiger partial charge in [0.25, 0.3) is 0 Å². The van der Waals surface area contributed by atoms with Crippen LogP contribution in [-0.2, 0) is 23.9 Å². The molecule has 0 radical (unpaired) electrons. The van der Waals surface area contributed by atoms with E-state index in [2.05, 4.69) is 0 Å². The Balaban J connectivity index is 2.12. The minimum atomic E-state index is -1.13. The van der Waals surface area contributed by atoms with Crippen LogP contribution in [0.1, 0.15) is 61.8 Å². The highest BCUT2D eigenvalue weighted by atomic mass is 16.6. The average molecular weight is 433 g/mol. The van der Waals surface area contributed by atoms with Gasteiger partial charge in [-0.3, -0.25) is 9.59 Å². The smallest absolute Gasteiger partial charge is 0.333 e. The predicted octanol–water partition coefficient (Wildman–Crippen LogP) is 3.62. The van der Waals surface area contributed by atoms with E-state index in [1.807, 2.05) is 34.6 Å². The number of carbonyl (C=O) groups excluding carboxylic acids is 3. The molecule has 6 nitrogen and oxygen atoms in total. The zero-order valence-electron chi connectivity index (χ0n) is 19.9. The first-order valence-corrected chi connectivity index (χ1v) is 11.3. The highest BCUT2D eigenvalue weighted by Gasteiger charge is 2.76. The van der Waals surface area contributed by atoms with Crippen molar-refractivity contribution in [2.45, 2.75) is 80.1 Å². The molecule has 0 aliphatic heterocycles. The van der Waals surface area contributed by atoms with Gasteiger partial charge in [-0.2, -0.15) is 0 Å². The third kappa shape index (κ3) is 3.29. The fourth-order valence-electron chi connectivity index (χ4n) is 6.15. The third-order valence-corrected chi connectivity index (χ3v) is 8.32. The van der Waals surface area contributed by atoms with Crippen LogP contribution in [0, 0.1) is 34.5 Å². The number of allylic oxidation sites excluding steroid dienone is 3. The highest BCUT2D eigenvalue weighted by molar-refractivity contribution is 5.97. The van der Waals surface area contributed by atoms with E-state index in [9.17, 15) is 19.5 Å². The maximum absolute atomic E-state index is 13.0. The molecule has 0 amide bonds. The van der Waals surface area contributed by atoms with Crippen LogP contribution < -0.4 is 0 Å². The molecule has 4 rings (SSSR count). The van der Waals surface area contributed by atoms with Crippen molar-refractivity contribution in [3.05, 3.63) is 23.3 Å². The number of hydrogen-bond acceptors (Lipinski definition) is 6. The van der Waals surface area contributed by atoms with Gasteiger partial charge in [-0.25, -0.2) is 4.79 Å². The quantitative estimate of drug-likeness (QED) is 0.527. The van der Waals surface area contributed by atoms with Gasteiger partial charge in [-0.1, -0.05) is 46.3 Å². The van der Waals surface area contributed by atoms with Gasteiger partial charge in [0.2, 0.25) is 0 Å². The maximum Gasteiger partial charge on any atom is 0.333 e. The van der Waals surface area contributed by atoms with Gasteiger partial charge in [0, 0.05) is 22.3 Å². The third-order valence-electron chi connectivity index (χ3n) is 8.32. The molecule has 4 bridgehead atoms. The Morgan fingerprint density at radius 1 is 1.23 bits per heavy atom. The van der Waals surface area contributed by atoms with E-state index in [1.165, 1.54) is 0 Å². The van der Waals surface area contributed by atoms with Gasteiger partial charge >= 0.3 is 11.9 Å². The predicted molar refractivity (Wildman–Crippen MR) is 116 cm³/mol. The van der Waals surface area contributed by atoms with Crippen LogP contribution >= 0.6 is 0 Å². The van der Waals surface area contributed by atoms with Gasteiger partial charge in [0.15, 0.2) is 11.9 Å². The van der Waals surface area contributed by atoms with Crippen molar-refractivity contribution < 1.29 is 29.0 Å². The highest BCUT2D eigenvalue weighted by Crippen LogP contribution is 2.71. The van der Waals surface area contributed by atoms with E-state index in [0.29, 0.717) is 12.0 Å². The number of esters is 2. The topological polar surface area (TPSA) is 89.9 Å². The maximum atomic E-state index is 13.0.